The molecule has 0 aliphatic carbocycles. The summed E-state index contributed by atoms with van der Waals surface area (Å²) in [5, 5.41) is 9.20. The molecule has 1 aromatic carbocycles. The summed E-state index contributed by atoms with van der Waals surface area (Å²) in [5.41, 5.74) is 2.21. The van der Waals surface area contributed by atoms with Crippen molar-refractivity contribution in [1.29, 1.82) is 0 Å². The molecule has 0 radical (unpaired) electrons. The lowest BCUT2D eigenvalue weighted by atomic mass is 10.2. The van der Waals surface area contributed by atoms with E-state index in [0.29, 0.717) is 11.3 Å². The molecule has 5 heteroatoms. The molecule has 0 aliphatic rings. The van der Waals surface area contributed by atoms with Crippen LogP contribution in [0.2, 0.25) is 0 Å². The third-order valence-corrected chi connectivity index (χ3v) is 3.73. The minimum Gasteiger partial charge on any atom is -0.477 e. The van der Waals surface area contributed by atoms with Crippen LogP contribution in [-0.4, -0.2) is 21.4 Å². The van der Waals surface area contributed by atoms with Gasteiger partial charge in [-0.1, -0.05) is 22.0 Å². The third-order valence-electron chi connectivity index (χ3n) is 2.88. The van der Waals surface area contributed by atoms with Crippen molar-refractivity contribution in [3.8, 4) is 5.69 Å². The maximum atomic E-state index is 11.4. The average Bonchev–Trinajstić information content (AvgIpc) is 2.78. The number of carboxylic acid groups (broad SMARTS) is 1. The monoisotopic (exact) mass is 321 g/mol. The molecule has 4 nitrogen and oxygen atoms in total. The van der Waals surface area contributed by atoms with Gasteiger partial charge >= 0.3 is 5.97 Å². The Morgan fingerprint density at radius 2 is 1.95 bits per heavy atom. The number of aryl methyl sites for hydroxylation is 1. The van der Waals surface area contributed by atoms with E-state index in [1.165, 1.54) is 17.6 Å². The van der Waals surface area contributed by atoms with Crippen molar-refractivity contribution in [3.63, 3.8) is 0 Å². The number of Topliss-reactive ketones (excluding diaryl/α,β-unsaturated/α-hetero) is 1. The van der Waals surface area contributed by atoms with E-state index in [0.717, 1.165) is 10.0 Å². The van der Waals surface area contributed by atoms with Gasteiger partial charge in [-0.15, -0.1) is 0 Å². The summed E-state index contributed by atoms with van der Waals surface area (Å²) >= 11 is 3.41. The Balaban J connectivity index is 2.62. The maximum absolute atomic E-state index is 11.4. The zero-order valence-electron chi connectivity index (χ0n) is 10.5. The van der Waals surface area contributed by atoms with Gasteiger partial charge in [0.1, 0.15) is 5.69 Å². The molecule has 1 heterocycles. The number of aromatic nitrogens is 1. The van der Waals surface area contributed by atoms with Gasteiger partial charge in [0, 0.05) is 21.9 Å². The Morgan fingerprint density at radius 3 is 2.47 bits per heavy atom. The lowest BCUT2D eigenvalue weighted by molar-refractivity contribution is 0.0688. The van der Waals surface area contributed by atoms with E-state index >= 15 is 0 Å². The lowest BCUT2D eigenvalue weighted by Gasteiger charge is -2.08. The molecular formula is C14H12BrNO3. The standard InChI is InChI=1S/C14H12BrNO3/c1-8-3-4-11(6-12(8)15)16-7-10(9(2)17)5-13(16)14(18)19/h3-7H,1-2H3,(H,18,19). The van der Waals surface area contributed by atoms with Gasteiger partial charge in [0.2, 0.25) is 0 Å². The second kappa shape index (κ2) is 5.01. The highest BCUT2D eigenvalue weighted by atomic mass is 79.9. The van der Waals surface area contributed by atoms with Crippen LogP contribution < -0.4 is 0 Å². The number of hydrogen-bond donors (Lipinski definition) is 1. The highest BCUT2D eigenvalue weighted by molar-refractivity contribution is 9.10. The highest BCUT2D eigenvalue weighted by Gasteiger charge is 2.16. The number of hydrogen-bond acceptors (Lipinski definition) is 2. The molecule has 0 unspecified atom stereocenters. The maximum Gasteiger partial charge on any atom is 0.352 e. The molecule has 0 amide bonds. The average molecular weight is 322 g/mol. The van der Waals surface area contributed by atoms with Crippen molar-refractivity contribution >= 4 is 27.7 Å². The normalized spacial score (nSPS) is 10.5. The predicted molar refractivity (Wildman–Crippen MR) is 75.2 cm³/mol. The summed E-state index contributed by atoms with van der Waals surface area (Å²) in [6, 6.07) is 6.92. The molecule has 98 valence electrons. The van der Waals surface area contributed by atoms with Crippen LogP contribution in [-0.2, 0) is 0 Å². The smallest absolute Gasteiger partial charge is 0.352 e. The molecule has 1 aromatic heterocycles. The van der Waals surface area contributed by atoms with Crippen molar-refractivity contribution in [1.82, 2.24) is 4.57 Å². The van der Waals surface area contributed by atoms with Crippen molar-refractivity contribution in [2.24, 2.45) is 0 Å². The van der Waals surface area contributed by atoms with E-state index in [9.17, 15) is 14.7 Å². The number of carboxylic acids is 1. The molecule has 0 saturated carbocycles. The van der Waals surface area contributed by atoms with Gasteiger partial charge in [-0.2, -0.15) is 0 Å². The first kappa shape index (κ1) is 13.5. The largest absolute Gasteiger partial charge is 0.477 e. The highest BCUT2D eigenvalue weighted by Crippen LogP contribution is 2.23. The Morgan fingerprint density at radius 1 is 1.26 bits per heavy atom. The van der Waals surface area contributed by atoms with Gasteiger partial charge in [0.25, 0.3) is 0 Å². The summed E-state index contributed by atoms with van der Waals surface area (Å²) in [7, 11) is 0. The van der Waals surface area contributed by atoms with Crippen LogP contribution in [0.5, 0.6) is 0 Å². The fraction of sp³-hybridized carbons (Fsp3) is 0.143. The van der Waals surface area contributed by atoms with Crippen LogP contribution in [0.4, 0.5) is 0 Å². The number of nitrogens with zero attached hydrogens (tertiary/aromatic N) is 1. The first-order valence-electron chi connectivity index (χ1n) is 5.63. The van der Waals surface area contributed by atoms with Crippen LogP contribution in [0, 0.1) is 6.92 Å². The molecule has 19 heavy (non-hydrogen) atoms. The fourth-order valence-corrected chi connectivity index (χ4v) is 2.13. The molecule has 0 saturated heterocycles. The molecule has 0 spiro atoms. The van der Waals surface area contributed by atoms with Crippen molar-refractivity contribution < 1.29 is 14.7 Å². The Kier molecular flexibility index (Phi) is 3.57. The molecule has 2 aromatic rings. The van der Waals surface area contributed by atoms with Crippen molar-refractivity contribution in [2.45, 2.75) is 13.8 Å². The first-order valence-corrected chi connectivity index (χ1v) is 6.42. The zero-order chi connectivity index (χ0) is 14.2. The Labute approximate surface area is 118 Å². The van der Waals surface area contributed by atoms with E-state index < -0.39 is 5.97 Å². The van der Waals surface area contributed by atoms with Crippen LogP contribution in [0.25, 0.3) is 5.69 Å². The summed E-state index contributed by atoms with van der Waals surface area (Å²) in [6.45, 7) is 3.36. The van der Waals surface area contributed by atoms with Crippen molar-refractivity contribution in [3.05, 3.63) is 51.8 Å². The van der Waals surface area contributed by atoms with Gasteiger partial charge in [-0.3, -0.25) is 4.79 Å². The molecule has 2 rings (SSSR count). The number of ketones is 1. The van der Waals surface area contributed by atoms with E-state index in [1.807, 2.05) is 25.1 Å². The predicted octanol–water partition coefficient (Wildman–Crippen LogP) is 3.45. The number of halogens is 1. The van der Waals surface area contributed by atoms with Gasteiger partial charge in [-0.05, 0) is 37.6 Å². The van der Waals surface area contributed by atoms with E-state index in [-0.39, 0.29) is 11.5 Å². The minimum atomic E-state index is -1.07. The molecule has 0 fully saturated rings. The third kappa shape index (κ3) is 2.61. The van der Waals surface area contributed by atoms with E-state index in [1.54, 1.807) is 6.20 Å². The zero-order valence-corrected chi connectivity index (χ0v) is 12.1. The Hall–Kier alpha value is -1.88. The molecule has 1 N–H and O–H groups in total. The Bertz CT molecular complexity index is 673. The van der Waals surface area contributed by atoms with Gasteiger partial charge < -0.3 is 9.67 Å². The topological polar surface area (TPSA) is 59.3 Å². The van der Waals surface area contributed by atoms with Crippen molar-refractivity contribution in [2.75, 3.05) is 0 Å². The van der Waals surface area contributed by atoms with Crippen LogP contribution in [0.15, 0.2) is 34.9 Å². The SMILES string of the molecule is CC(=O)c1cc(C(=O)O)n(-c2ccc(C)c(Br)c2)c1. The first-order chi connectivity index (χ1) is 8.90. The molecule has 0 aliphatic heterocycles. The molecule has 0 atom stereocenters. The lowest BCUT2D eigenvalue weighted by Crippen LogP contribution is -2.05. The summed E-state index contributed by atoms with van der Waals surface area (Å²) in [4.78, 5) is 22.6. The van der Waals surface area contributed by atoms with Crippen LogP contribution in [0.1, 0.15) is 33.3 Å². The number of benzene rings is 1. The van der Waals surface area contributed by atoms with E-state index in [2.05, 4.69) is 15.9 Å². The second-order valence-corrected chi connectivity index (χ2v) is 5.13. The van der Waals surface area contributed by atoms with Gasteiger partial charge in [0.05, 0.1) is 0 Å². The number of carbonyl (C=O) groups excluding carboxylic acids is 1. The molecular weight excluding hydrogens is 310 g/mol. The quantitative estimate of drug-likeness (QED) is 0.881. The van der Waals surface area contributed by atoms with E-state index in [4.69, 9.17) is 0 Å². The summed E-state index contributed by atoms with van der Waals surface area (Å²) < 4.78 is 2.39. The van der Waals surface area contributed by atoms with Gasteiger partial charge in [-0.25, -0.2) is 4.79 Å². The van der Waals surface area contributed by atoms with Crippen LogP contribution in [0.3, 0.4) is 0 Å². The number of aromatic carboxylic acids is 1. The second-order valence-electron chi connectivity index (χ2n) is 4.28. The van der Waals surface area contributed by atoms with Gasteiger partial charge in [0.15, 0.2) is 5.78 Å². The molecule has 0 bridgehead atoms. The minimum absolute atomic E-state index is 0.0703. The summed E-state index contributed by atoms with van der Waals surface area (Å²) in [6.07, 6.45) is 1.54. The number of rotatable bonds is 3. The fourth-order valence-electron chi connectivity index (χ4n) is 1.77. The number of carbonyl (C=O) groups is 2. The summed E-state index contributed by atoms with van der Waals surface area (Å²) in [5.74, 6) is -1.23. The van der Waals surface area contributed by atoms with Crippen LogP contribution >= 0.6 is 15.9 Å².